The minimum atomic E-state index is -0.0325. The molecule has 0 atom stereocenters. The fraction of sp³-hybridized carbons (Fsp3) is 0.235. The van der Waals surface area contributed by atoms with Gasteiger partial charge in [-0.05, 0) is 59.1 Å². The van der Waals surface area contributed by atoms with Crippen LogP contribution in [0.25, 0.3) is 16.9 Å². The van der Waals surface area contributed by atoms with Crippen molar-refractivity contribution in [1.29, 1.82) is 0 Å². The first-order valence-corrected chi connectivity index (χ1v) is 8.29. The van der Waals surface area contributed by atoms with Gasteiger partial charge in [0.1, 0.15) is 4.60 Å². The summed E-state index contributed by atoms with van der Waals surface area (Å²) in [6, 6.07) is 9.54. The van der Waals surface area contributed by atoms with Crippen LogP contribution in [0.2, 0.25) is 0 Å². The van der Waals surface area contributed by atoms with E-state index in [1.807, 2.05) is 44.2 Å². The van der Waals surface area contributed by atoms with Crippen molar-refractivity contribution in [3.8, 4) is 11.3 Å². The molecular weight excluding hydrogens is 356 g/mol. The predicted octanol–water partition coefficient (Wildman–Crippen LogP) is 3.61. The van der Waals surface area contributed by atoms with Crippen molar-refractivity contribution in [3.63, 3.8) is 0 Å². The number of benzene rings is 1. The highest BCUT2D eigenvalue weighted by Gasteiger charge is 2.12. The van der Waals surface area contributed by atoms with E-state index in [0.29, 0.717) is 12.1 Å². The smallest absolute Gasteiger partial charge is 0.251 e. The third-order valence-electron chi connectivity index (χ3n) is 3.63. The van der Waals surface area contributed by atoms with Gasteiger partial charge in [-0.1, -0.05) is 13.0 Å². The lowest BCUT2D eigenvalue weighted by Gasteiger charge is -2.09. The van der Waals surface area contributed by atoms with Crippen LogP contribution in [-0.4, -0.2) is 27.0 Å². The molecule has 0 radical (unpaired) electrons. The quantitative estimate of drug-likeness (QED) is 0.760. The Morgan fingerprint density at radius 2 is 2.13 bits per heavy atom. The summed E-state index contributed by atoms with van der Waals surface area (Å²) >= 11 is 3.38. The molecule has 0 aliphatic heterocycles. The Morgan fingerprint density at radius 1 is 1.30 bits per heavy atom. The average Bonchev–Trinajstić information content (AvgIpc) is 2.95. The first-order valence-electron chi connectivity index (χ1n) is 7.49. The van der Waals surface area contributed by atoms with Gasteiger partial charge in [0.05, 0.1) is 11.9 Å². The molecule has 0 fully saturated rings. The first kappa shape index (κ1) is 15.7. The third-order valence-corrected chi connectivity index (χ3v) is 4.06. The molecule has 0 saturated carbocycles. The Morgan fingerprint density at radius 3 is 2.87 bits per heavy atom. The van der Waals surface area contributed by atoms with Gasteiger partial charge in [0.25, 0.3) is 5.91 Å². The van der Waals surface area contributed by atoms with Crippen molar-refractivity contribution in [2.45, 2.75) is 20.3 Å². The van der Waals surface area contributed by atoms with Crippen molar-refractivity contribution >= 4 is 27.5 Å². The normalized spacial score (nSPS) is 10.9. The second-order valence-corrected chi connectivity index (χ2v) is 6.17. The molecule has 3 rings (SSSR count). The number of nitrogens with zero attached hydrogens (tertiary/aromatic N) is 3. The molecule has 0 aliphatic carbocycles. The van der Waals surface area contributed by atoms with E-state index in [9.17, 15) is 4.79 Å². The second-order valence-electron chi connectivity index (χ2n) is 5.36. The summed E-state index contributed by atoms with van der Waals surface area (Å²) in [5.74, 6) is -0.0325. The molecule has 0 unspecified atom stereocenters. The monoisotopic (exact) mass is 372 g/mol. The molecule has 6 heteroatoms. The van der Waals surface area contributed by atoms with Crippen molar-refractivity contribution in [2.75, 3.05) is 6.54 Å². The van der Waals surface area contributed by atoms with Crippen LogP contribution in [-0.2, 0) is 0 Å². The maximum Gasteiger partial charge on any atom is 0.251 e. The van der Waals surface area contributed by atoms with Gasteiger partial charge < -0.3 is 5.32 Å². The Hall–Kier alpha value is -2.21. The van der Waals surface area contributed by atoms with Crippen LogP contribution >= 0.6 is 15.9 Å². The zero-order chi connectivity index (χ0) is 16.4. The summed E-state index contributed by atoms with van der Waals surface area (Å²) in [6.45, 7) is 4.66. The Balaban J connectivity index is 1.99. The number of nitrogens with one attached hydrogen (secondary N) is 1. The van der Waals surface area contributed by atoms with Gasteiger partial charge in [0, 0.05) is 17.7 Å². The highest BCUT2D eigenvalue weighted by Crippen LogP contribution is 2.23. The molecule has 3 aromatic rings. The zero-order valence-corrected chi connectivity index (χ0v) is 14.6. The lowest BCUT2D eigenvalue weighted by atomic mass is 10.0. The van der Waals surface area contributed by atoms with E-state index < -0.39 is 0 Å². The van der Waals surface area contributed by atoms with E-state index in [-0.39, 0.29) is 5.91 Å². The summed E-state index contributed by atoms with van der Waals surface area (Å²) in [6.07, 6.45) is 2.71. The molecule has 5 nitrogen and oxygen atoms in total. The number of rotatable bonds is 4. The van der Waals surface area contributed by atoms with Crippen LogP contribution in [0.1, 0.15) is 29.3 Å². The van der Waals surface area contributed by atoms with Gasteiger partial charge in [-0.15, -0.1) is 0 Å². The number of hydrogen-bond donors (Lipinski definition) is 1. The fourth-order valence-electron chi connectivity index (χ4n) is 2.46. The van der Waals surface area contributed by atoms with Crippen molar-refractivity contribution in [3.05, 3.63) is 52.3 Å². The number of carbonyl (C=O) groups excluding carboxylic acids is 1. The van der Waals surface area contributed by atoms with E-state index >= 15 is 0 Å². The number of amides is 1. The number of hydrogen-bond acceptors (Lipinski definition) is 3. The van der Waals surface area contributed by atoms with Gasteiger partial charge >= 0.3 is 0 Å². The largest absolute Gasteiger partial charge is 0.352 e. The van der Waals surface area contributed by atoms with Crippen LogP contribution in [0, 0.1) is 6.92 Å². The standard InChI is InChI=1S/C17H17BrN4O/c1-3-8-19-17(23)13-5-4-12(9-11(13)2)14-10-20-16-7-6-15(18)21-22(14)16/h4-7,9-10H,3,8H2,1-2H3,(H,19,23). The molecule has 23 heavy (non-hydrogen) atoms. The van der Waals surface area contributed by atoms with Crippen molar-refractivity contribution < 1.29 is 4.79 Å². The lowest BCUT2D eigenvalue weighted by molar-refractivity contribution is 0.0953. The summed E-state index contributed by atoms with van der Waals surface area (Å²) < 4.78 is 2.53. The van der Waals surface area contributed by atoms with E-state index in [4.69, 9.17) is 0 Å². The minimum absolute atomic E-state index is 0.0325. The summed E-state index contributed by atoms with van der Waals surface area (Å²) in [4.78, 5) is 16.5. The second kappa shape index (κ2) is 6.50. The van der Waals surface area contributed by atoms with Crippen LogP contribution in [0.4, 0.5) is 0 Å². The van der Waals surface area contributed by atoms with Gasteiger partial charge in [0.15, 0.2) is 5.65 Å². The molecule has 2 aromatic heterocycles. The number of aromatic nitrogens is 3. The Kier molecular flexibility index (Phi) is 4.43. The molecule has 1 amide bonds. The minimum Gasteiger partial charge on any atom is -0.352 e. The third kappa shape index (κ3) is 3.12. The van der Waals surface area contributed by atoms with Gasteiger partial charge in [0.2, 0.25) is 0 Å². The molecule has 0 bridgehead atoms. The lowest BCUT2D eigenvalue weighted by Crippen LogP contribution is -2.24. The summed E-state index contributed by atoms with van der Waals surface area (Å²) in [5, 5.41) is 7.34. The molecule has 0 aliphatic rings. The van der Waals surface area contributed by atoms with Crippen molar-refractivity contribution in [1.82, 2.24) is 19.9 Å². The maximum atomic E-state index is 12.1. The molecule has 0 saturated heterocycles. The molecule has 118 valence electrons. The number of fused-ring (bicyclic) bond motifs is 1. The zero-order valence-electron chi connectivity index (χ0n) is 13.0. The highest BCUT2D eigenvalue weighted by atomic mass is 79.9. The van der Waals surface area contributed by atoms with E-state index in [1.165, 1.54) is 0 Å². The highest BCUT2D eigenvalue weighted by molar-refractivity contribution is 9.10. The van der Waals surface area contributed by atoms with Crippen LogP contribution in [0.15, 0.2) is 41.1 Å². The molecule has 2 heterocycles. The topological polar surface area (TPSA) is 59.3 Å². The average molecular weight is 373 g/mol. The number of carbonyl (C=O) groups is 1. The summed E-state index contributed by atoms with van der Waals surface area (Å²) in [5.41, 5.74) is 4.29. The number of imidazole rings is 1. The molecule has 0 spiro atoms. The van der Waals surface area contributed by atoms with E-state index in [0.717, 1.165) is 33.5 Å². The SMILES string of the molecule is CCCNC(=O)c1ccc(-c2cnc3ccc(Br)nn23)cc1C. The van der Waals surface area contributed by atoms with Crippen LogP contribution in [0.5, 0.6) is 0 Å². The Labute approximate surface area is 142 Å². The summed E-state index contributed by atoms with van der Waals surface area (Å²) in [7, 11) is 0. The first-order chi connectivity index (χ1) is 11.1. The van der Waals surface area contributed by atoms with E-state index in [1.54, 1.807) is 10.7 Å². The van der Waals surface area contributed by atoms with Crippen LogP contribution in [0.3, 0.4) is 0 Å². The number of aryl methyl sites for hydroxylation is 1. The number of halogens is 1. The maximum absolute atomic E-state index is 12.1. The molecule has 1 N–H and O–H groups in total. The van der Waals surface area contributed by atoms with Crippen LogP contribution < -0.4 is 5.32 Å². The van der Waals surface area contributed by atoms with E-state index in [2.05, 4.69) is 31.3 Å². The predicted molar refractivity (Wildman–Crippen MR) is 93.5 cm³/mol. The molecular formula is C17H17BrN4O. The molecule has 1 aromatic carbocycles. The Bertz CT molecular complexity index is 872. The fourth-order valence-corrected chi connectivity index (χ4v) is 2.75. The van der Waals surface area contributed by atoms with Crippen molar-refractivity contribution in [2.24, 2.45) is 0 Å². The van der Waals surface area contributed by atoms with Gasteiger partial charge in [-0.25, -0.2) is 9.50 Å². The van der Waals surface area contributed by atoms with Gasteiger partial charge in [-0.2, -0.15) is 5.10 Å². The van der Waals surface area contributed by atoms with Gasteiger partial charge in [-0.3, -0.25) is 4.79 Å².